The molecule has 2 rings (SSSR count). The summed E-state index contributed by atoms with van der Waals surface area (Å²) < 4.78 is 13.9. The van der Waals surface area contributed by atoms with Gasteiger partial charge in [0.2, 0.25) is 0 Å². The van der Waals surface area contributed by atoms with Gasteiger partial charge in [-0.3, -0.25) is 0 Å². The minimum absolute atomic E-state index is 0.187. The summed E-state index contributed by atoms with van der Waals surface area (Å²) in [5, 5.41) is 3.64. The van der Waals surface area contributed by atoms with E-state index in [0.717, 1.165) is 22.5 Å². The molecule has 1 aliphatic carbocycles. The van der Waals surface area contributed by atoms with E-state index in [-0.39, 0.29) is 5.82 Å². The maximum Gasteiger partial charge on any atom is 0.124 e. The quantitative estimate of drug-likeness (QED) is 0.801. The van der Waals surface area contributed by atoms with Crippen molar-refractivity contribution in [3.8, 4) is 0 Å². The topological polar surface area (TPSA) is 12.0 Å². The molecule has 0 saturated heterocycles. The number of benzene rings is 1. The summed E-state index contributed by atoms with van der Waals surface area (Å²) in [6.45, 7) is 3.15. The zero-order valence-corrected chi connectivity index (χ0v) is 12.5. The van der Waals surface area contributed by atoms with Crippen molar-refractivity contribution in [2.24, 2.45) is 5.92 Å². The molecule has 1 aromatic carbocycles. The maximum absolute atomic E-state index is 13.0. The first-order chi connectivity index (χ1) is 8.66. The van der Waals surface area contributed by atoms with E-state index in [2.05, 4.69) is 28.2 Å². The van der Waals surface area contributed by atoms with Crippen LogP contribution in [0.3, 0.4) is 0 Å². The van der Waals surface area contributed by atoms with Crippen molar-refractivity contribution in [1.29, 1.82) is 0 Å². The summed E-state index contributed by atoms with van der Waals surface area (Å²) in [7, 11) is 0. The smallest absolute Gasteiger partial charge is 0.124 e. The Balaban J connectivity index is 1.93. The summed E-state index contributed by atoms with van der Waals surface area (Å²) in [5.41, 5.74) is 1.13. The van der Waals surface area contributed by atoms with Gasteiger partial charge in [-0.15, -0.1) is 0 Å². The summed E-state index contributed by atoms with van der Waals surface area (Å²) >= 11 is 3.42. The molecule has 0 heterocycles. The van der Waals surface area contributed by atoms with Crippen LogP contribution in [-0.4, -0.2) is 6.04 Å². The first kappa shape index (κ1) is 14.0. The van der Waals surface area contributed by atoms with E-state index in [9.17, 15) is 4.39 Å². The lowest BCUT2D eigenvalue weighted by molar-refractivity contribution is 0.356. The van der Waals surface area contributed by atoms with E-state index in [1.807, 2.05) is 6.07 Å². The van der Waals surface area contributed by atoms with E-state index >= 15 is 0 Å². The lowest BCUT2D eigenvalue weighted by Crippen LogP contribution is -2.33. The SMILES string of the molecule is CC1CCCCCC1NCc1ccc(F)cc1Br. The molecular formula is C15H21BrFN. The molecule has 3 heteroatoms. The zero-order valence-electron chi connectivity index (χ0n) is 10.9. The molecule has 2 unspecified atom stereocenters. The van der Waals surface area contributed by atoms with Crippen molar-refractivity contribution in [3.63, 3.8) is 0 Å². The average molecular weight is 314 g/mol. The fraction of sp³-hybridized carbons (Fsp3) is 0.600. The number of hydrogen-bond acceptors (Lipinski definition) is 1. The van der Waals surface area contributed by atoms with Gasteiger partial charge in [-0.1, -0.05) is 48.2 Å². The molecule has 0 bridgehead atoms. The number of rotatable bonds is 3. The van der Waals surface area contributed by atoms with Crippen molar-refractivity contribution < 1.29 is 4.39 Å². The third-order valence-corrected chi connectivity index (χ3v) is 4.67. The van der Waals surface area contributed by atoms with Gasteiger partial charge in [-0.05, 0) is 36.5 Å². The second kappa shape index (κ2) is 6.67. The largest absolute Gasteiger partial charge is 0.310 e. The Kier molecular flexibility index (Phi) is 5.19. The zero-order chi connectivity index (χ0) is 13.0. The Bertz CT molecular complexity index is 394. The van der Waals surface area contributed by atoms with Crippen LogP contribution < -0.4 is 5.32 Å². The predicted octanol–water partition coefficient (Wildman–Crippen LogP) is 4.65. The monoisotopic (exact) mass is 313 g/mol. The summed E-state index contributed by atoms with van der Waals surface area (Å²) in [4.78, 5) is 0. The molecule has 1 saturated carbocycles. The van der Waals surface area contributed by atoms with Gasteiger partial charge in [0.05, 0.1) is 0 Å². The van der Waals surface area contributed by atoms with E-state index < -0.39 is 0 Å². The van der Waals surface area contributed by atoms with Crippen LogP contribution in [0.5, 0.6) is 0 Å². The fourth-order valence-electron chi connectivity index (χ4n) is 2.70. The Morgan fingerprint density at radius 3 is 2.83 bits per heavy atom. The Labute approximate surface area is 117 Å². The van der Waals surface area contributed by atoms with Crippen LogP contribution in [0.2, 0.25) is 0 Å². The fourth-order valence-corrected chi connectivity index (χ4v) is 3.19. The van der Waals surface area contributed by atoms with Gasteiger partial charge in [0, 0.05) is 17.1 Å². The molecule has 1 N–H and O–H groups in total. The van der Waals surface area contributed by atoms with Gasteiger partial charge in [0.15, 0.2) is 0 Å². The van der Waals surface area contributed by atoms with E-state index in [1.54, 1.807) is 0 Å². The molecule has 0 aliphatic heterocycles. The van der Waals surface area contributed by atoms with Gasteiger partial charge < -0.3 is 5.32 Å². The van der Waals surface area contributed by atoms with Gasteiger partial charge in [0.1, 0.15) is 5.82 Å². The highest BCUT2D eigenvalue weighted by atomic mass is 79.9. The van der Waals surface area contributed by atoms with Crippen LogP contribution in [0, 0.1) is 11.7 Å². The van der Waals surface area contributed by atoms with Crippen LogP contribution in [0.15, 0.2) is 22.7 Å². The second-order valence-electron chi connectivity index (χ2n) is 5.34. The van der Waals surface area contributed by atoms with Crippen LogP contribution in [0.4, 0.5) is 4.39 Å². The molecule has 0 aromatic heterocycles. The first-order valence-corrected chi connectivity index (χ1v) is 7.63. The molecule has 1 aliphatic rings. The van der Waals surface area contributed by atoms with Crippen LogP contribution in [0.25, 0.3) is 0 Å². The highest BCUT2D eigenvalue weighted by molar-refractivity contribution is 9.10. The molecule has 1 nitrogen and oxygen atoms in total. The van der Waals surface area contributed by atoms with Crippen molar-refractivity contribution in [1.82, 2.24) is 5.32 Å². The Morgan fingerprint density at radius 1 is 1.28 bits per heavy atom. The number of nitrogens with one attached hydrogen (secondary N) is 1. The summed E-state index contributed by atoms with van der Waals surface area (Å²) in [6.07, 6.45) is 6.64. The molecule has 1 aromatic rings. The lowest BCUT2D eigenvalue weighted by Gasteiger charge is -2.23. The third kappa shape index (κ3) is 3.79. The van der Waals surface area contributed by atoms with Crippen LogP contribution >= 0.6 is 15.9 Å². The van der Waals surface area contributed by atoms with Gasteiger partial charge in [0.25, 0.3) is 0 Å². The predicted molar refractivity (Wildman–Crippen MR) is 77.0 cm³/mol. The highest BCUT2D eigenvalue weighted by Gasteiger charge is 2.19. The minimum atomic E-state index is -0.187. The summed E-state index contributed by atoms with van der Waals surface area (Å²) in [6, 6.07) is 5.52. The second-order valence-corrected chi connectivity index (χ2v) is 6.19. The Morgan fingerprint density at radius 2 is 2.06 bits per heavy atom. The van der Waals surface area contributed by atoms with E-state index in [4.69, 9.17) is 0 Å². The van der Waals surface area contributed by atoms with Gasteiger partial charge in [-0.2, -0.15) is 0 Å². The normalized spacial score (nSPS) is 24.8. The number of hydrogen-bond donors (Lipinski definition) is 1. The van der Waals surface area contributed by atoms with Gasteiger partial charge >= 0.3 is 0 Å². The van der Waals surface area contributed by atoms with Crippen molar-refractivity contribution in [3.05, 3.63) is 34.1 Å². The average Bonchev–Trinajstić information content (AvgIpc) is 2.53. The van der Waals surface area contributed by atoms with Crippen LogP contribution in [-0.2, 0) is 6.54 Å². The molecule has 18 heavy (non-hydrogen) atoms. The maximum atomic E-state index is 13.0. The highest BCUT2D eigenvalue weighted by Crippen LogP contribution is 2.24. The van der Waals surface area contributed by atoms with Crippen LogP contribution in [0.1, 0.15) is 44.6 Å². The molecule has 1 fully saturated rings. The van der Waals surface area contributed by atoms with E-state index in [1.165, 1.54) is 44.2 Å². The molecule has 100 valence electrons. The molecule has 0 radical (unpaired) electrons. The Hall–Kier alpha value is -0.410. The molecule has 2 atom stereocenters. The first-order valence-electron chi connectivity index (χ1n) is 6.84. The minimum Gasteiger partial charge on any atom is -0.310 e. The van der Waals surface area contributed by atoms with E-state index in [0.29, 0.717) is 6.04 Å². The number of halogens is 2. The van der Waals surface area contributed by atoms with Crippen molar-refractivity contribution >= 4 is 15.9 Å². The van der Waals surface area contributed by atoms with Gasteiger partial charge in [-0.25, -0.2) is 4.39 Å². The molecule has 0 spiro atoms. The van der Waals surface area contributed by atoms with Crippen molar-refractivity contribution in [2.45, 2.75) is 51.6 Å². The third-order valence-electron chi connectivity index (χ3n) is 3.93. The summed E-state index contributed by atoms with van der Waals surface area (Å²) in [5.74, 6) is 0.556. The standard InChI is InChI=1S/C15H21BrFN/c1-11-5-3-2-4-6-15(11)18-10-12-7-8-13(17)9-14(12)16/h7-9,11,15,18H,2-6,10H2,1H3. The lowest BCUT2D eigenvalue weighted by atomic mass is 9.97. The molecular weight excluding hydrogens is 293 g/mol. The molecule has 0 amide bonds. The van der Waals surface area contributed by atoms with Crippen molar-refractivity contribution in [2.75, 3.05) is 0 Å².